The second-order valence-electron chi connectivity index (χ2n) is 6.89. The lowest BCUT2D eigenvalue weighted by molar-refractivity contribution is -0.119. The summed E-state index contributed by atoms with van der Waals surface area (Å²) in [6.45, 7) is 1.42. The van der Waals surface area contributed by atoms with E-state index in [0.717, 1.165) is 30.6 Å². The van der Waals surface area contributed by atoms with Crippen molar-refractivity contribution in [3.05, 3.63) is 23.9 Å². The second-order valence-corrected chi connectivity index (χ2v) is 9.63. The second kappa shape index (κ2) is 9.21. The maximum absolute atomic E-state index is 12.6. The maximum atomic E-state index is 12.6. The van der Waals surface area contributed by atoms with Crippen LogP contribution in [0.25, 0.3) is 10.4 Å². The molecule has 1 amide bonds. The number of carbonyl (C=O) groups excluding carboxylic acids is 1. The number of aromatic nitrogens is 1. The Morgan fingerprint density at radius 1 is 1.34 bits per heavy atom. The molecule has 0 bridgehead atoms. The Morgan fingerprint density at radius 2 is 2.07 bits per heavy atom. The lowest BCUT2D eigenvalue weighted by Gasteiger charge is -2.11. The van der Waals surface area contributed by atoms with E-state index >= 15 is 0 Å². The first kappa shape index (κ1) is 21.7. The van der Waals surface area contributed by atoms with Gasteiger partial charge >= 0.3 is 0 Å². The van der Waals surface area contributed by atoms with Crippen LogP contribution in [0.4, 0.5) is 5.13 Å². The highest BCUT2D eigenvalue weighted by molar-refractivity contribution is 7.89. The third kappa shape index (κ3) is 4.95. The van der Waals surface area contributed by atoms with Gasteiger partial charge in [-0.15, -0.1) is 0 Å². The summed E-state index contributed by atoms with van der Waals surface area (Å²) in [5, 5.41) is 12.3. The molecule has 0 atom stereocenters. The smallest absolute Gasteiger partial charge is 0.244 e. The van der Waals surface area contributed by atoms with Crippen LogP contribution in [0.15, 0.2) is 23.1 Å². The first-order valence-electron chi connectivity index (χ1n) is 9.43. The van der Waals surface area contributed by atoms with E-state index in [9.17, 15) is 13.2 Å². The van der Waals surface area contributed by atoms with E-state index in [2.05, 4.69) is 15.0 Å². The van der Waals surface area contributed by atoms with Gasteiger partial charge in [0.05, 0.1) is 24.3 Å². The summed E-state index contributed by atoms with van der Waals surface area (Å²) in [6, 6.07) is 4.85. The standard InChI is InChI=1S/C19H25N3O5S2/c1-12-17(28-19(21-12)22-18(24)13-5-3-4-6-13)14-7-8-15(27-2)16(11-14)29(25,26)20-9-10-23/h7-8,11,13,20,23H,3-6,9-10H2,1-2H3,(H,21,22,24). The van der Waals surface area contributed by atoms with Gasteiger partial charge < -0.3 is 15.2 Å². The Hall–Kier alpha value is -2.01. The highest BCUT2D eigenvalue weighted by atomic mass is 32.2. The third-order valence-corrected chi connectivity index (χ3v) is 7.48. The van der Waals surface area contributed by atoms with Crippen LogP contribution in [0, 0.1) is 12.8 Å². The Kier molecular flexibility index (Phi) is 6.89. The van der Waals surface area contributed by atoms with E-state index in [1.165, 1.54) is 24.5 Å². The molecule has 3 rings (SSSR count). The zero-order valence-corrected chi connectivity index (χ0v) is 18.0. The zero-order valence-electron chi connectivity index (χ0n) is 16.4. The van der Waals surface area contributed by atoms with Crippen molar-refractivity contribution in [3.8, 4) is 16.2 Å². The van der Waals surface area contributed by atoms with Crippen LogP contribution >= 0.6 is 11.3 Å². The molecule has 1 saturated carbocycles. The van der Waals surface area contributed by atoms with Gasteiger partial charge in [-0.05, 0) is 43.5 Å². The molecule has 1 fully saturated rings. The number of hydrogen-bond donors (Lipinski definition) is 3. The largest absolute Gasteiger partial charge is 0.495 e. The summed E-state index contributed by atoms with van der Waals surface area (Å²) in [5.74, 6) is 0.239. The van der Waals surface area contributed by atoms with Crippen molar-refractivity contribution >= 4 is 32.4 Å². The molecule has 8 nitrogen and oxygen atoms in total. The van der Waals surface area contributed by atoms with Crippen LogP contribution < -0.4 is 14.8 Å². The lowest BCUT2D eigenvalue weighted by atomic mass is 10.1. The van der Waals surface area contributed by atoms with Crippen molar-refractivity contribution < 1.29 is 23.1 Å². The summed E-state index contributed by atoms with van der Waals surface area (Å²) < 4.78 is 32.7. The van der Waals surface area contributed by atoms with Gasteiger partial charge in [0.1, 0.15) is 10.6 Å². The third-order valence-electron chi connectivity index (χ3n) is 4.87. The minimum absolute atomic E-state index is 0.00555. The summed E-state index contributed by atoms with van der Waals surface area (Å²) >= 11 is 1.31. The number of thiazole rings is 1. The Balaban J connectivity index is 1.89. The van der Waals surface area contributed by atoms with Crippen LogP contribution in [0.2, 0.25) is 0 Å². The molecule has 2 aromatic rings. The predicted octanol–water partition coefficient (Wildman–Crippen LogP) is 2.53. The monoisotopic (exact) mass is 439 g/mol. The molecule has 0 radical (unpaired) electrons. The topological polar surface area (TPSA) is 118 Å². The average Bonchev–Trinajstić information content (AvgIpc) is 3.36. The number of rotatable bonds is 8. The van der Waals surface area contributed by atoms with Crippen LogP contribution in [0.3, 0.4) is 0 Å². The molecule has 1 aliphatic rings. The molecule has 1 aromatic carbocycles. The quantitative estimate of drug-likeness (QED) is 0.582. The van der Waals surface area contributed by atoms with Crippen molar-refractivity contribution in [2.75, 3.05) is 25.6 Å². The number of carbonyl (C=O) groups is 1. The number of amides is 1. The summed E-state index contributed by atoms with van der Waals surface area (Å²) in [4.78, 5) is 17.6. The van der Waals surface area contributed by atoms with E-state index in [1.54, 1.807) is 12.1 Å². The number of anilines is 1. The van der Waals surface area contributed by atoms with Gasteiger partial charge in [0, 0.05) is 12.5 Å². The number of methoxy groups -OCH3 is 1. The van der Waals surface area contributed by atoms with Gasteiger partial charge in [0.2, 0.25) is 15.9 Å². The first-order chi connectivity index (χ1) is 13.9. The number of sulfonamides is 1. The highest BCUT2D eigenvalue weighted by Crippen LogP contribution is 2.37. The lowest BCUT2D eigenvalue weighted by Crippen LogP contribution is -2.27. The predicted molar refractivity (Wildman–Crippen MR) is 112 cm³/mol. The van der Waals surface area contributed by atoms with Gasteiger partial charge in [-0.25, -0.2) is 18.1 Å². The zero-order chi connectivity index (χ0) is 21.0. The van der Waals surface area contributed by atoms with E-state index < -0.39 is 10.0 Å². The van der Waals surface area contributed by atoms with Gasteiger partial charge in [0.15, 0.2) is 5.13 Å². The number of nitrogens with one attached hydrogen (secondary N) is 2. The molecule has 0 aliphatic heterocycles. The summed E-state index contributed by atoms with van der Waals surface area (Å²) in [5.41, 5.74) is 1.36. The fourth-order valence-corrected chi connectivity index (χ4v) is 5.58. The number of aliphatic hydroxyl groups is 1. The molecule has 0 saturated heterocycles. The SMILES string of the molecule is COc1ccc(-c2sc(NC(=O)C3CCCC3)nc2C)cc1S(=O)(=O)NCCO. The Labute approximate surface area is 174 Å². The molecule has 1 aromatic heterocycles. The van der Waals surface area contributed by atoms with Gasteiger partial charge in [-0.2, -0.15) is 0 Å². The molecule has 10 heteroatoms. The van der Waals surface area contributed by atoms with E-state index in [-0.39, 0.29) is 35.6 Å². The number of aliphatic hydroxyl groups excluding tert-OH is 1. The van der Waals surface area contributed by atoms with Crippen LogP contribution in [0.5, 0.6) is 5.75 Å². The van der Waals surface area contributed by atoms with Crippen LogP contribution in [0.1, 0.15) is 31.4 Å². The minimum atomic E-state index is -3.85. The average molecular weight is 440 g/mol. The molecule has 3 N–H and O–H groups in total. The van der Waals surface area contributed by atoms with Gasteiger partial charge in [0.25, 0.3) is 0 Å². The molecule has 0 unspecified atom stereocenters. The molecule has 0 spiro atoms. The van der Waals surface area contributed by atoms with E-state index in [1.807, 2.05) is 6.92 Å². The fourth-order valence-electron chi connectivity index (χ4n) is 3.40. The molecule has 29 heavy (non-hydrogen) atoms. The molecule has 1 aliphatic carbocycles. The number of ether oxygens (including phenoxy) is 1. The maximum Gasteiger partial charge on any atom is 0.244 e. The van der Waals surface area contributed by atoms with Crippen LogP contribution in [-0.4, -0.2) is 44.7 Å². The van der Waals surface area contributed by atoms with Gasteiger partial charge in [-0.1, -0.05) is 24.2 Å². The van der Waals surface area contributed by atoms with Crippen LogP contribution in [-0.2, 0) is 14.8 Å². The molecule has 1 heterocycles. The summed E-state index contributed by atoms with van der Waals surface area (Å²) in [7, 11) is -2.45. The van der Waals surface area contributed by atoms with Crippen molar-refractivity contribution in [2.45, 2.75) is 37.5 Å². The van der Waals surface area contributed by atoms with Crippen molar-refractivity contribution in [1.82, 2.24) is 9.71 Å². The Morgan fingerprint density at radius 3 is 2.72 bits per heavy atom. The first-order valence-corrected chi connectivity index (χ1v) is 11.7. The summed E-state index contributed by atoms with van der Waals surface area (Å²) in [6.07, 6.45) is 3.97. The van der Waals surface area contributed by atoms with Crippen molar-refractivity contribution in [2.24, 2.45) is 5.92 Å². The number of hydrogen-bond acceptors (Lipinski definition) is 7. The highest BCUT2D eigenvalue weighted by Gasteiger charge is 2.25. The molecular formula is C19H25N3O5S2. The van der Waals surface area contributed by atoms with E-state index in [0.29, 0.717) is 16.4 Å². The van der Waals surface area contributed by atoms with Crippen molar-refractivity contribution in [3.63, 3.8) is 0 Å². The Bertz CT molecular complexity index is 982. The molecule has 158 valence electrons. The number of benzene rings is 1. The van der Waals surface area contributed by atoms with E-state index in [4.69, 9.17) is 9.84 Å². The molecular weight excluding hydrogens is 414 g/mol. The minimum Gasteiger partial charge on any atom is -0.495 e. The normalized spacial score (nSPS) is 14.9. The van der Waals surface area contributed by atoms with Crippen molar-refractivity contribution in [1.29, 1.82) is 0 Å². The number of nitrogens with zero attached hydrogens (tertiary/aromatic N) is 1. The van der Waals surface area contributed by atoms with Gasteiger partial charge in [-0.3, -0.25) is 4.79 Å². The fraction of sp³-hybridized carbons (Fsp3) is 0.474. The number of aryl methyl sites for hydroxylation is 1.